The molecule has 3 aromatic rings. The molecule has 0 atom stereocenters. The van der Waals surface area contributed by atoms with Crippen molar-refractivity contribution in [1.29, 1.82) is 0 Å². The van der Waals surface area contributed by atoms with Crippen LogP contribution in [0.15, 0.2) is 51.8 Å². The minimum Gasteiger partial charge on any atom is -0.497 e. The Morgan fingerprint density at radius 2 is 1.96 bits per heavy atom. The van der Waals surface area contributed by atoms with Gasteiger partial charge in [0.2, 0.25) is 4.80 Å². The van der Waals surface area contributed by atoms with Crippen LogP contribution in [0.3, 0.4) is 0 Å². The molecule has 25 heavy (non-hydrogen) atoms. The summed E-state index contributed by atoms with van der Waals surface area (Å²) >= 11 is 1.30. The Morgan fingerprint density at radius 3 is 2.60 bits per heavy atom. The van der Waals surface area contributed by atoms with E-state index in [2.05, 4.69) is 10.3 Å². The molecule has 0 aliphatic heterocycles. The van der Waals surface area contributed by atoms with Gasteiger partial charge in [0.05, 0.1) is 28.8 Å². The van der Waals surface area contributed by atoms with Gasteiger partial charge in [0.15, 0.2) is 0 Å². The van der Waals surface area contributed by atoms with Gasteiger partial charge in [-0.3, -0.25) is 0 Å². The number of hydrogen-bond acceptors (Lipinski definition) is 4. The van der Waals surface area contributed by atoms with Gasteiger partial charge in [0.1, 0.15) is 5.75 Å². The molecule has 3 rings (SSSR count). The highest BCUT2D eigenvalue weighted by molar-refractivity contribution is 7.90. The van der Waals surface area contributed by atoms with Crippen molar-refractivity contribution in [2.45, 2.75) is 18.4 Å². The number of aryl methyl sites for hydroxylation is 1. The molecule has 0 saturated carbocycles. The van der Waals surface area contributed by atoms with E-state index in [0.717, 1.165) is 15.8 Å². The number of benzene rings is 2. The Hall–Kier alpha value is -2.56. The first kappa shape index (κ1) is 17.3. The summed E-state index contributed by atoms with van der Waals surface area (Å²) in [5, 5.41) is 0. The van der Waals surface area contributed by atoms with Gasteiger partial charge in [-0.1, -0.05) is 23.3 Å². The van der Waals surface area contributed by atoms with Crippen molar-refractivity contribution < 1.29 is 13.2 Å². The van der Waals surface area contributed by atoms with Crippen molar-refractivity contribution in [2.75, 3.05) is 7.11 Å². The number of aromatic nitrogens is 1. The topological polar surface area (TPSA) is 60.7 Å². The number of fused-ring (bicyclic) bond motifs is 1. The van der Waals surface area contributed by atoms with Crippen LogP contribution in [0.4, 0.5) is 0 Å². The van der Waals surface area contributed by atoms with Crippen LogP contribution < -0.4 is 9.54 Å². The van der Waals surface area contributed by atoms with Crippen molar-refractivity contribution in [3.05, 3.63) is 52.8 Å². The van der Waals surface area contributed by atoms with Crippen molar-refractivity contribution in [3.8, 4) is 18.1 Å². The molecule has 0 amide bonds. The summed E-state index contributed by atoms with van der Waals surface area (Å²) in [6.45, 7) is 2.23. The molecule has 1 heterocycles. The molecule has 0 aliphatic rings. The number of nitrogens with zero attached hydrogens (tertiary/aromatic N) is 2. The molecule has 7 heteroatoms. The van der Waals surface area contributed by atoms with Gasteiger partial charge in [-0.05, 0) is 48.9 Å². The number of ether oxygens (including phenoxy) is 1. The minimum atomic E-state index is -3.85. The summed E-state index contributed by atoms with van der Waals surface area (Å²) in [5.41, 5.74) is 1.96. The predicted octanol–water partition coefficient (Wildman–Crippen LogP) is 2.94. The van der Waals surface area contributed by atoms with Crippen LogP contribution in [0.25, 0.3) is 10.2 Å². The number of thiazole rings is 1. The summed E-state index contributed by atoms with van der Waals surface area (Å²) in [6, 6.07) is 12.0. The third kappa shape index (κ3) is 3.45. The van der Waals surface area contributed by atoms with Gasteiger partial charge in [-0.25, -0.2) is 0 Å². The highest BCUT2D eigenvalue weighted by Gasteiger charge is 2.15. The number of methoxy groups -OCH3 is 1. The van der Waals surface area contributed by atoms with E-state index in [4.69, 9.17) is 11.2 Å². The van der Waals surface area contributed by atoms with Crippen LogP contribution in [-0.4, -0.2) is 20.1 Å². The van der Waals surface area contributed by atoms with Crippen molar-refractivity contribution >= 4 is 31.6 Å². The van der Waals surface area contributed by atoms with Crippen LogP contribution in [-0.2, 0) is 16.6 Å². The summed E-state index contributed by atoms with van der Waals surface area (Å²) in [6.07, 6.45) is 5.45. The second-order valence-electron chi connectivity index (χ2n) is 5.39. The van der Waals surface area contributed by atoms with E-state index in [1.54, 1.807) is 16.7 Å². The quantitative estimate of drug-likeness (QED) is 0.662. The molecule has 0 saturated heterocycles. The van der Waals surface area contributed by atoms with Gasteiger partial charge in [0.25, 0.3) is 10.0 Å². The summed E-state index contributed by atoms with van der Waals surface area (Å²) in [7, 11) is -2.32. The zero-order valence-corrected chi connectivity index (χ0v) is 15.4. The molecule has 0 N–H and O–H groups in total. The summed E-state index contributed by atoms with van der Waals surface area (Å²) < 4.78 is 37.0. The Kier molecular flexibility index (Phi) is 4.66. The van der Waals surface area contributed by atoms with E-state index in [0.29, 0.717) is 10.6 Å². The molecule has 0 bridgehead atoms. The highest BCUT2D eigenvalue weighted by atomic mass is 32.2. The fraction of sp³-hybridized carbons (Fsp3) is 0.167. The van der Waals surface area contributed by atoms with E-state index in [1.165, 1.54) is 30.6 Å². The average Bonchev–Trinajstić information content (AvgIpc) is 2.91. The van der Waals surface area contributed by atoms with Gasteiger partial charge >= 0.3 is 0 Å². The number of terminal acetylenes is 1. The predicted molar refractivity (Wildman–Crippen MR) is 99.1 cm³/mol. The molecule has 1 aromatic heterocycles. The lowest BCUT2D eigenvalue weighted by molar-refractivity contribution is 0.414. The Bertz CT molecular complexity index is 1130. The van der Waals surface area contributed by atoms with Gasteiger partial charge in [-0.2, -0.15) is 8.42 Å². The van der Waals surface area contributed by atoms with E-state index in [-0.39, 0.29) is 11.4 Å². The summed E-state index contributed by atoms with van der Waals surface area (Å²) in [4.78, 5) is 0.462. The van der Waals surface area contributed by atoms with E-state index < -0.39 is 10.0 Å². The molecule has 0 spiro atoms. The van der Waals surface area contributed by atoms with Gasteiger partial charge in [0, 0.05) is 0 Å². The standard InChI is InChI=1S/C18H16N2O3S2/c1-4-11-20-16-10-5-13(2)12-17(16)24-18(20)19-25(21,22)15-8-6-14(23-3)7-9-15/h1,5-10,12H,11H2,2-3H3. The third-order valence-corrected chi connectivity index (χ3v) is 6.08. The van der Waals surface area contributed by atoms with Crippen molar-refractivity contribution in [2.24, 2.45) is 4.40 Å². The first-order valence-corrected chi connectivity index (χ1v) is 9.69. The molecule has 0 aliphatic carbocycles. The maximum Gasteiger partial charge on any atom is 0.285 e. The zero-order chi connectivity index (χ0) is 18.0. The van der Waals surface area contributed by atoms with Crippen LogP contribution in [0.5, 0.6) is 5.75 Å². The van der Waals surface area contributed by atoms with E-state index in [9.17, 15) is 8.42 Å². The molecule has 0 radical (unpaired) electrons. The highest BCUT2D eigenvalue weighted by Crippen LogP contribution is 2.21. The normalized spacial score (nSPS) is 12.3. The smallest absolute Gasteiger partial charge is 0.285 e. The minimum absolute atomic E-state index is 0.106. The average molecular weight is 372 g/mol. The number of sulfonamides is 1. The largest absolute Gasteiger partial charge is 0.497 e. The fourth-order valence-corrected chi connectivity index (χ4v) is 4.73. The first-order valence-electron chi connectivity index (χ1n) is 7.43. The van der Waals surface area contributed by atoms with Crippen LogP contribution in [0.2, 0.25) is 0 Å². The van der Waals surface area contributed by atoms with Crippen LogP contribution in [0, 0.1) is 19.3 Å². The van der Waals surface area contributed by atoms with Crippen LogP contribution >= 0.6 is 11.3 Å². The molecule has 0 unspecified atom stereocenters. The SMILES string of the molecule is C#CCn1c(=NS(=O)(=O)c2ccc(OC)cc2)sc2cc(C)ccc21. The maximum absolute atomic E-state index is 12.6. The Morgan fingerprint density at radius 1 is 1.24 bits per heavy atom. The molecule has 0 fully saturated rings. The lowest BCUT2D eigenvalue weighted by atomic mass is 10.2. The second kappa shape index (κ2) is 6.75. The Labute approximate surface area is 150 Å². The van der Waals surface area contributed by atoms with Gasteiger partial charge < -0.3 is 9.30 Å². The number of rotatable bonds is 4. The molecular weight excluding hydrogens is 356 g/mol. The monoisotopic (exact) mass is 372 g/mol. The summed E-state index contributed by atoms with van der Waals surface area (Å²) in [5.74, 6) is 3.14. The maximum atomic E-state index is 12.6. The Balaban J connectivity index is 2.19. The molecule has 2 aromatic carbocycles. The second-order valence-corrected chi connectivity index (χ2v) is 8.00. The van der Waals surface area contributed by atoms with Crippen LogP contribution in [0.1, 0.15) is 5.56 Å². The van der Waals surface area contributed by atoms with Crippen molar-refractivity contribution in [1.82, 2.24) is 4.57 Å². The zero-order valence-electron chi connectivity index (χ0n) is 13.8. The van der Waals surface area contributed by atoms with Crippen molar-refractivity contribution in [3.63, 3.8) is 0 Å². The van der Waals surface area contributed by atoms with E-state index >= 15 is 0 Å². The lowest BCUT2D eigenvalue weighted by Gasteiger charge is -2.02. The van der Waals surface area contributed by atoms with Gasteiger partial charge in [-0.15, -0.1) is 10.8 Å². The number of hydrogen-bond donors (Lipinski definition) is 0. The molecule has 5 nitrogen and oxygen atoms in total. The first-order chi connectivity index (χ1) is 11.9. The third-order valence-electron chi connectivity index (χ3n) is 3.64. The molecular formula is C18H16N2O3S2. The molecule has 128 valence electrons. The van der Waals surface area contributed by atoms with E-state index in [1.807, 2.05) is 25.1 Å². The lowest BCUT2D eigenvalue weighted by Crippen LogP contribution is -2.16. The fourth-order valence-electron chi connectivity index (χ4n) is 2.40.